The van der Waals surface area contributed by atoms with Crippen molar-refractivity contribution in [3.05, 3.63) is 40.7 Å². The van der Waals surface area contributed by atoms with Crippen LogP contribution in [0.2, 0.25) is 0 Å². The summed E-state index contributed by atoms with van der Waals surface area (Å²) in [5.74, 6) is 0. The minimum Gasteiger partial charge on any atom is -0.207 e. The van der Waals surface area contributed by atoms with E-state index >= 15 is 0 Å². The molecule has 0 aliphatic heterocycles. The van der Waals surface area contributed by atoms with Crippen molar-refractivity contribution in [1.29, 1.82) is 5.26 Å². The first-order valence-corrected chi connectivity index (χ1v) is 5.34. The zero-order valence-electron chi connectivity index (χ0n) is 10.2. The molecule has 0 amide bonds. The van der Waals surface area contributed by atoms with Gasteiger partial charge in [0.2, 0.25) is 0 Å². The average Bonchev–Trinajstić information content (AvgIpc) is 2.70. The molecule has 19 heavy (non-hydrogen) atoms. The molecule has 0 saturated carbocycles. The lowest BCUT2D eigenvalue weighted by Crippen LogP contribution is -2.15. The topological polar surface area (TPSA) is 54.5 Å². The van der Waals surface area contributed by atoms with Gasteiger partial charge in [-0.25, -0.2) is 4.68 Å². The SMILES string of the molecule is Cc1cc(C)cc(-n2nnc(C#N)c2C(F)(F)F)c1. The number of benzene rings is 1. The lowest BCUT2D eigenvalue weighted by atomic mass is 10.1. The highest BCUT2D eigenvalue weighted by Crippen LogP contribution is 2.32. The van der Waals surface area contributed by atoms with Gasteiger partial charge >= 0.3 is 6.18 Å². The number of alkyl halides is 3. The van der Waals surface area contributed by atoms with Crippen molar-refractivity contribution in [3.8, 4) is 11.8 Å². The summed E-state index contributed by atoms with van der Waals surface area (Å²) in [5.41, 5.74) is -0.0419. The van der Waals surface area contributed by atoms with E-state index in [-0.39, 0.29) is 5.69 Å². The standard InChI is InChI=1S/C12H9F3N4/c1-7-3-8(2)5-9(4-7)19-11(12(13,14)15)10(6-16)17-18-19/h3-5H,1-2H3. The fourth-order valence-electron chi connectivity index (χ4n) is 1.87. The molecule has 1 heterocycles. The molecule has 0 aliphatic rings. The summed E-state index contributed by atoms with van der Waals surface area (Å²) in [6.45, 7) is 3.54. The number of halogens is 3. The van der Waals surface area contributed by atoms with Gasteiger partial charge in [-0.2, -0.15) is 18.4 Å². The van der Waals surface area contributed by atoms with Crippen LogP contribution in [0.4, 0.5) is 13.2 Å². The Labute approximate surface area is 107 Å². The Hall–Kier alpha value is -2.36. The largest absolute Gasteiger partial charge is 0.436 e. The summed E-state index contributed by atoms with van der Waals surface area (Å²) in [5, 5.41) is 15.4. The molecule has 1 aromatic heterocycles. The molecule has 0 fully saturated rings. The minimum absolute atomic E-state index is 0.235. The van der Waals surface area contributed by atoms with Crippen molar-refractivity contribution in [1.82, 2.24) is 15.0 Å². The molecule has 0 atom stereocenters. The van der Waals surface area contributed by atoms with Crippen molar-refractivity contribution < 1.29 is 13.2 Å². The highest BCUT2D eigenvalue weighted by Gasteiger charge is 2.40. The predicted molar refractivity (Wildman–Crippen MR) is 60.6 cm³/mol. The Balaban J connectivity index is 2.70. The van der Waals surface area contributed by atoms with E-state index in [1.165, 1.54) is 6.07 Å². The maximum Gasteiger partial charge on any atom is 0.436 e. The fraction of sp³-hybridized carbons (Fsp3) is 0.250. The Morgan fingerprint density at radius 2 is 1.74 bits per heavy atom. The summed E-state index contributed by atoms with van der Waals surface area (Å²) in [4.78, 5) is 0. The van der Waals surface area contributed by atoms with Crippen LogP contribution in [0.1, 0.15) is 22.5 Å². The number of aryl methyl sites for hydroxylation is 2. The fourth-order valence-corrected chi connectivity index (χ4v) is 1.87. The minimum atomic E-state index is -4.69. The van der Waals surface area contributed by atoms with Crippen molar-refractivity contribution in [2.24, 2.45) is 0 Å². The predicted octanol–water partition coefficient (Wildman–Crippen LogP) is 2.77. The van der Waals surface area contributed by atoms with Crippen LogP contribution in [-0.2, 0) is 6.18 Å². The van der Waals surface area contributed by atoms with Gasteiger partial charge in [0.05, 0.1) is 5.69 Å². The second-order valence-corrected chi connectivity index (χ2v) is 4.15. The van der Waals surface area contributed by atoms with Gasteiger partial charge < -0.3 is 0 Å². The molecule has 0 saturated heterocycles. The van der Waals surface area contributed by atoms with E-state index in [1.54, 1.807) is 26.0 Å². The Morgan fingerprint density at radius 1 is 1.16 bits per heavy atom. The highest BCUT2D eigenvalue weighted by atomic mass is 19.4. The second-order valence-electron chi connectivity index (χ2n) is 4.15. The van der Waals surface area contributed by atoms with Crippen LogP contribution in [0, 0.1) is 25.2 Å². The third kappa shape index (κ3) is 2.42. The summed E-state index contributed by atoms with van der Waals surface area (Å²) in [7, 11) is 0. The quantitative estimate of drug-likeness (QED) is 0.797. The van der Waals surface area contributed by atoms with Crippen LogP contribution in [0.25, 0.3) is 5.69 Å². The monoisotopic (exact) mass is 266 g/mol. The third-order valence-corrected chi connectivity index (χ3v) is 2.50. The van der Waals surface area contributed by atoms with Gasteiger partial charge in [0.25, 0.3) is 0 Å². The first kappa shape index (κ1) is 13.1. The van der Waals surface area contributed by atoms with Gasteiger partial charge in [0.15, 0.2) is 11.4 Å². The first-order chi connectivity index (χ1) is 8.82. The lowest BCUT2D eigenvalue weighted by Gasteiger charge is -2.10. The van der Waals surface area contributed by atoms with E-state index in [0.29, 0.717) is 4.68 Å². The normalized spacial score (nSPS) is 11.4. The zero-order chi connectivity index (χ0) is 14.2. The molecule has 0 unspecified atom stereocenters. The summed E-state index contributed by atoms with van der Waals surface area (Å²) >= 11 is 0. The molecule has 0 radical (unpaired) electrons. The molecular formula is C12H9F3N4. The number of hydrogen-bond donors (Lipinski definition) is 0. The maximum atomic E-state index is 13.0. The highest BCUT2D eigenvalue weighted by molar-refractivity contribution is 5.42. The van der Waals surface area contributed by atoms with Crippen LogP contribution in [0.3, 0.4) is 0 Å². The third-order valence-electron chi connectivity index (χ3n) is 2.50. The Morgan fingerprint density at radius 3 is 2.21 bits per heavy atom. The number of rotatable bonds is 1. The summed E-state index contributed by atoms with van der Waals surface area (Å²) in [6, 6.07) is 6.35. The molecule has 0 bridgehead atoms. The van der Waals surface area contributed by atoms with Gasteiger partial charge in [-0.3, -0.25) is 0 Å². The van der Waals surface area contributed by atoms with Crippen LogP contribution < -0.4 is 0 Å². The van der Waals surface area contributed by atoms with Gasteiger partial charge in [-0.1, -0.05) is 11.3 Å². The first-order valence-electron chi connectivity index (χ1n) is 5.34. The Bertz CT molecular complexity index is 644. The van der Waals surface area contributed by atoms with E-state index in [0.717, 1.165) is 11.1 Å². The van der Waals surface area contributed by atoms with Crippen LogP contribution in [0.15, 0.2) is 18.2 Å². The smallest absolute Gasteiger partial charge is 0.207 e. The van der Waals surface area contributed by atoms with Gasteiger partial charge in [-0.15, -0.1) is 5.10 Å². The average molecular weight is 266 g/mol. The molecule has 0 spiro atoms. The van der Waals surface area contributed by atoms with Crippen LogP contribution >= 0.6 is 0 Å². The molecule has 0 N–H and O–H groups in total. The second kappa shape index (κ2) is 4.39. The molecule has 98 valence electrons. The van der Waals surface area contributed by atoms with Crippen molar-refractivity contribution in [3.63, 3.8) is 0 Å². The number of hydrogen-bond acceptors (Lipinski definition) is 3. The maximum absolute atomic E-state index is 13.0. The van der Waals surface area contributed by atoms with Crippen LogP contribution in [0.5, 0.6) is 0 Å². The van der Waals surface area contributed by atoms with E-state index in [2.05, 4.69) is 10.3 Å². The number of aromatic nitrogens is 3. The van der Waals surface area contributed by atoms with E-state index in [9.17, 15) is 13.2 Å². The van der Waals surface area contributed by atoms with E-state index < -0.39 is 17.6 Å². The number of nitriles is 1. The summed E-state index contributed by atoms with van der Waals surface area (Å²) in [6.07, 6.45) is -4.69. The van der Waals surface area contributed by atoms with E-state index in [4.69, 9.17) is 5.26 Å². The molecule has 1 aromatic carbocycles. The van der Waals surface area contributed by atoms with E-state index in [1.807, 2.05) is 6.07 Å². The molecule has 2 aromatic rings. The zero-order valence-corrected chi connectivity index (χ0v) is 10.2. The molecule has 4 nitrogen and oxygen atoms in total. The summed E-state index contributed by atoms with van der Waals surface area (Å²) < 4.78 is 39.5. The van der Waals surface area contributed by atoms with Gasteiger partial charge in [-0.05, 0) is 37.1 Å². The Kier molecular flexibility index (Phi) is 3.02. The van der Waals surface area contributed by atoms with Crippen molar-refractivity contribution in [2.75, 3.05) is 0 Å². The molecular weight excluding hydrogens is 257 g/mol. The van der Waals surface area contributed by atoms with Gasteiger partial charge in [0.1, 0.15) is 6.07 Å². The van der Waals surface area contributed by atoms with Crippen molar-refractivity contribution in [2.45, 2.75) is 20.0 Å². The number of nitrogens with zero attached hydrogens (tertiary/aromatic N) is 4. The van der Waals surface area contributed by atoms with Crippen molar-refractivity contribution >= 4 is 0 Å². The molecule has 7 heteroatoms. The lowest BCUT2D eigenvalue weighted by molar-refractivity contribution is -0.143. The molecule has 2 rings (SSSR count). The molecule has 0 aliphatic carbocycles. The van der Waals surface area contributed by atoms with Crippen LogP contribution in [-0.4, -0.2) is 15.0 Å². The van der Waals surface area contributed by atoms with Gasteiger partial charge in [0, 0.05) is 0 Å².